The summed E-state index contributed by atoms with van der Waals surface area (Å²) in [6, 6.07) is 4.96. The molecular formula is C14H17FN4S. The number of imidazole rings is 1. The zero-order chi connectivity index (χ0) is 14.4. The lowest BCUT2D eigenvalue weighted by molar-refractivity contribution is 0.619. The molecular weight excluding hydrogens is 275 g/mol. The van der Waals surface area contributed by atoms with Crippen LogP contribution in [0.15, 0.2) is 36.9 Å². The van der Waals surface area contributed by atoms with Crippen molar-refractivity contribution >= 4 is 23.0 Å². The predicted molar refractivity (Wildman–Crippen MR) is 82.2 cm³/mol. The Hall–Kier alpha value is -1.95. The molecule has 20 heavy (non-hydrogen) atoms. The lowest BCUT2D eigenvalue weighted by Gasteiger charge is -2.11. The van der Waals surface area contributed by atoms with E-state index in [0.717, 1.165) is 19.5 Å². The number of aromatic nitrogens is 2. The first kappa shape index (κ1) is 14.5. The molecule has 2 rings (SSSR count). The Morgan fingerprint density at radius 1 is 1.45 bits per heavy atom. The second-order valence-corrected chi connectivity index (χ2v) is 4.91. The summed E-state index contributed by atoms with van der Waals surface area (Å²) in [6.45, 7) is 3.36. The zero-order valence-corrected chi connectivity index (χ0v) is 12.1. The summed E-state index contributed by atoms with van der Waals surface area (Å²) >= 11 is 5.16. The Labute approximate surface area is 123 Å². The first-order valence-electron chi connectivity index (χ1n) is 6.42. The number of anilines is 1. The van der Waals surface area contributed by atoms with Crippen molar-refractivity contribution in [3.8, 4) is 0 Å². The van der Waals surface area contributed by atoms with E-state index in [1.54, 1.807) is 31.6 Å². The highest BCUT2D eigenvalue weighted by atomic mass is 32.1. The molecule has 0 amide bonds. The molecule has 0 aliphatic heterocycles. The third-order valence-corrected chi connectivity index (χ3v) is 3.11. The molecule has 0 bridgehead atoms. The molecule has 0 atom stereocenters. The molecule has 0 fully saturated rings. The number of halogens is 1. The Morgan fingerprint density at radius 2 is 2.30 bits per heavy atom. The van der Waals surface area contributed by atoms with E-state index in [1.165, 1.54) is 6.07 Å². The molecule has 0 radical (unpaired) electrons. The molecule has 2 N–H and O–H groups in total. The Balaban J connectivity index is 1.71. The van der Waals surface area contributed by atoms with E-state index in [-0.39, 0.29) is 5.82 Å². The summed E-state index contributed by atoms with van der Waals surface area (Å²) in [6.07, 6.45) is 6.39. The van der Waals surface area contributed by atoms with Gasteiger partial charge in [-0.1, -0.05) is 6.07 Å². The number of aryl methyl sites for hydroxylation is 2. The largest absolute Gasteiger partial charge is 0.362 e. The molecule has 0 saturated carbocycles. The van der Waals surface area contributed by atoms with Crippen LogP contribution in [0.1, 0.15) is 12.0 Å². The maximum absolute atomic E-state index is 13.4. The van der Waals surface area contributed by atoms with Crippen LogP contribution >= 0.6 is 12.2 Å². The number of rotatable bonds is 5. The van der Waals surface area contributed by atoms with Crippen molar-refractivity contribution in [2.24, 2.45) is 0 Å². The van der Waals surface area contributed by atoms with Crippen molar-refractivity contribution < 1.29 is 4.39 Å². The topological polar surface area (TPSA) is 41.9 Å². The second-order valence-electron chi connectivity index (χ2n) is 4.50. The fourth-order valence-corrected chi connectivity index (χ4v) is 1.95. The highest BCUT2D eigenvalue weighted by Crippen LogP contribution is 2.13. The zero-order valence-electron chi connectivity index (χ0n) is 11.3. The second kappa shape index (κ2) is 7.00. The summed E-state index contributed by atoms with van der Waals surface area (Å²) in [7, 11) is 0. The highest BCUT2D eigenvalue weighted by Gasteiger charge is 2.01. The number of benzene rings is 1. The third-order valence-electron chi connectivity index (χ3n) is 2.87. The molecule has 106 valence electrons. The first-order chi connectivity index (χ1) is 9.65. The van der Waals surface area contributed by atoms with Crippen LogP contribution in [-0.4, -0.2) is 21.2 Å². The Morgan fingerprint density at radius 3 is 3.00 bits per heavy atom. The maximum atomic E-state index is 13.4. The molecule has 1 aromatic heterocycles. The molecule has 0 unspecified atom stereocenters. The smallest absolute Gasteiger partial charge is 0.170 e. The molecule has 2 aromatic rings. The quantitative estimate of drug-likeness (QED) is 0.657. The Kier molecular flexibility index (Phi) is 5.06. The van der Waals surface area contributed by atoms with Crippen LogP contribution < -0.4 is 10.6 Å². The molecule has 1 heterocycles. The molecule has 0 aliphatic carbocycles. The minimum Gasteiger partial charge on any atom is -0.362 e. The average Bonchev–Trinajstić information content (AvgIpc) is 2.92. The van der Waals surface area contributed by atoms with Gasteiger partial charge in [0.25, 0.3) is 0 Å². The third kappa shape index (κ3) is 4.31. The average molecular weight is 292 g/mol. The van der Waals surface area contributed by atoms with E-state index in [4.69, 9.17) is 12.2 Å². The molecule has 0 aliphatic rings. The fourth-order valence-electron chi connectivity index (χ4n) is 1.73. The van der Waals surface area contributed by atoms with Crippen LogP contribution in [0.3, 0.4) is 0 Å². The van der Waals surface area contributed by atoms with E-state index in [2.05, 4.69) is 15.6 Å². The summed E-state index contributed by atoms with van der Waals surface area (Å²) < 4.78 is 15.4. The standard InChI is InChI=1S/C14H17FN4S/c1-11-3-4-12(9-13(11)15)18-14(20)17-5-2-7-19-8-6-16-10-19/h3-4,6,8-10H,2,5,7H2,1H3,(H2,17,18,20). The number of nitrogens with one attached hydrogen (secondary N) is 2. The van der Waals surface area contributed by atoms with Crippen LogP contribution in [-0.2, 0) is 6.54 Å². The maximum Gasteiger partial charge on any atom is 0.170 e. The number of hydrogen-bond donors (Lipinski definition) is 2. The van der Waals surface area contributed by atoms with Gasteiger partial charge in [0.05, 0.1) is 6.33 Å². The van der Waals surface area contributed by atoms with Crippen molar-refractivity contribution in [3.63, 3.8) is 0 Å². The summed E-state index contributed by atoms with van der Waals surface area (Å²) in [5, 5.41) is 6.56. The molecule has 1 aromatic carbocycles. The van der Waals surface area contributed by atoms with Gasteiger partial charge in [0.2, 0.25) is 0 Å². The van der Waals surface area contributed by atoms with Gasteiger partial charge in [-0.2, -0.15) is 0 Å². The van der Waals surface area contributed by atoms with Gasteiger partial charge < -0.3 is 15.2 Å². The first-order valence-corrected chi connectivity index (χ1v) is 6.83. The van der Waals surface area contributed by atoms with Crippen LogP contribution in [0.2, 0.25) is 0 Å². The normalized spacial score (nSPS) is 10.3. The van der Waals surface area contributed by atoms with Gasteiger partial charge in [-0.3, -0.25) is 0 Å². The van der Waals surface area contributed by atoms with Crippen molar-refractivity contribution in [2.75, 3.05) is 11.9 Å². The lowest BCUT2D eigenvalue weighted by Crippen LogP contribution is -2.29. The van der Waals surface area contributed by atoms with Crippen molar-refractivity contribution in [1.29, 1.82) is 0 Å². The van der Waals surface area contributed by atoms with E-state index >= 15 is 0 Å². The number of nitrogens with zero attached hydrogens (tertiary/aromatic N) is 2. The highest BCUT2D eigenvalue weighted by molar-refractivity contribution is 7.80. The molecule has 0 spiro atoms. The van der Waals surface area contributed by atoms with Gasteiger partial charge in [0.1, 0.15) is 5.82 Å². The van der Waals surface area contributed by atoms with Gasteiger partial charge in [-0.05, 0) is 43.3 Å². The predicted octanol–water partition coefficient (Wildman–Crippen LogP) is 2.71. The summed E-state index contributed by atoms with van der Waals surface area (Å²) in [5.74, 6) is -0.238. The van der Waals surface area contributed by atoms with E-state index in [1.807, 2.05) is 10.8 Å². The molecule has 4 nitrogen and oxygen atoms in total. The van der Waals surface area contributed by atoms with Crippen LogP contribution in [0, 0.1) is 12.7 Å². The van der Waals surface area contributed by atoms with Gasteiger partial charge in [0, 0.05) is 31.2 Å². The van der Waals surface area contributed by atoms with Gasteiger partial charge in [-0.15, -0.1) is 0 Å². The van der Waals surface area contributed by atoms with Crippen LogP contribution in [0.25, 0.3) is 0 Å². The van der Waals surface area contributed by atoms with E-state index in [0.29, 0.717) is 16.4 Å². The number of hydrogen-bond acceptors (Lipinski definition) is 2. The van der Waals surface area contributed by atoms with Crippen LogP contribution in [0.4, 0.5) is 10.1 Å². The summed E-state index contributed by atoms with van der Waals surface area (Å²) in [4.78, 5) is 3.98. The fraction of sp³-hybridized carbons (Fsp3) is 0.286. The number of thiocarbonyl (C=S) groups is 1. The van der Waals surface area contributed by atoms with E-state index in [9.17, 15) is 4.39 Å². The summed E-state index contributed by atoms with van der Waals surface area (Å²) in [5.41, 5.74) is 1.27. The minimum absolute atomic E-state index is 0.238. The monoisotopic (exact) mass is 292 g/mol. The SMILES string of the molecule is Cc1ccc(NC(=S)NCCCn2ccnc2)cc1F. The van der Waals surface area contributed by atoms with Crippen molar-refractivity contribution in [3.05, 3.63) is 48.3 Å². The van der Waals surface area contributed by atoms with Gasteiger partial charge in [-0.25, -0.2) is 9.37 Å². The van der Waals surface area contributed by atoms with Gasteiger partial charge >= 0.3 is 0 Å². The molecule has 0 saturated heterocycles. The Bertz CT molecular complexity index is 569. The van der Waals surface area contributed by atoms with E-state index < -0.39 is 0 Å². The van der Waals surface area contributed by atoms with Crippen molar-refractivity contribution in [1.82, 2.24) is 14.9 Å². The lowest BCUT2D eigenvalue weighted by atomic mass is 10.2. The minimum atomic E-state index is -0.238. The molecule has 6 heteroatoms. The van der Waals surface area contributed by atoms with Crippen LogP contribution in [0.5, 0.6) is 0 Å². The van der Waals surface area contributed by atoms with Gasteiger partial charge in [0.15, 0.2) is 5.11 Å². The van der Waals surface area contributed by atoms with Crippen molar-refractivity contribution in [2.45, 2.75) is 19.9 Å².